The molecule has 28 heavy (non-hydrogen) atoms. The van der Waals surface area contributed by atoms with E-state index in [-0.39, 0.29) is 22.4 Å². The van der Waals surface area contributed by atoms with Gasteiger partial charge in [0.25, 0.3) is 11.5 Å². The van der Waals surface area contributed by atoms with E-state index in [4.69, 9.17) is 4.74 Å². The van der Waals surface area contributed by atoms with E-state index in [2.05, 4.69) is 15.0 Å². The summed E-state index contributed by atoms with van der Waals surface area (Å²) in [5, 5.41) is 2.48. The molecular formula is C18H15N3O6S. The number of amides is 1. The van der Waals surface area contributed by atoms with Crippen molar-refractivity contribution in [2.75, 3.05) is 19.5 Å². The van der Waals surface area contributed by atoms with E-state index in [0.717, 1.165) is 4.88 Å². The molecule has 1 aromatic carbocycles. The molecule has 0 atom stereocenters. The summed E-state index contributed by atoms with van der Waals surface area (Å²) in [6, 6.07) is 3.96. The number of ether oxygens (including phenoxy) is 2. The van der Waals surface area contributed by atoms with Gasteiger partial charge in [-0.05, 0) is 25.1 Å². The first-order valence-electron chi connectivity index (χ1n) is 7.95. The van der Waals surface area contributed by atoms with Gasteiger partial charge in [-0.2, -0.15) is 0 Å². The van der Waals surface area contributed by atoms with Gasteiger partial charge in [-0.15, -0.1) is 11.3 Å². The summed E-state index contributed by atoms with van der Waals surface area (Å²) < 4.78 is 10.6. The van der Waals surface area contributed by atoms with Gasteiger partial charge in [0, 0.05) is 17.3 Å². The van der Waals surface area contributed by atoms with Crippen LogP contribution in [-0.4, -0.2) is 41.5 Å². The monoisotopic (exact) mass is 401 g/mol. The largest absolute Gasteiger partial charge is 0.465 e. The van der Waals surface area contributed by atoms with Crippen LogP contribution in [0, 0.1) is 6.92 Å². The minimum atomic E-state index is -0.775. The molecule has 1 amide bonds. The number of nitrogens with one attached hydrogen (secondary N) is 1. The lowest BCUT2D eigenvalue weighted by Crippen LogP contribution is -2.26. The topological polar surface area (TPSA) is 116 Å². The van der Waals surface area contributed by atoms with E-state index in [0.29, 0.717) is 4.96 Å². The van der Waals surface area contributed by atoms with E-state index in [1.165, 1.54) is 54.4 Å². The highest BCUT2D eigenvalue weighted by Crippen LogP contribution is 2.20. The molecular weight excluding hydrogens is 386 g/mol. The third-order valence-electron chi connectivity index (χ3n) is 3.86. The van der Waals surface area contributed by atoms with E-state index in [1.54, 1.807) is 6.20 Å². The van der Waals surface area contributed by atoms with Gasteiger partial charge in [-0.1, -0.05) is 0 Å². The number of methoxy groups -OCH3 is 2. The molecule has 0 fully saturated rings. The predicted octanol–water partition coefficient (Wildman–Crippen LogP) is 1.89. The van der Waals surface area contributed by atoms with Crippen LogP contribution in [0.3, 0.4) is 0 Å². The van der Waals surface area contributed by atoms with Crippen molar-refractivity contribution in [2.45, 2.75) is 6.92 Å². The first kappa shape index (κ1) is 19.2. The second kappa shape index (κ2) is 7.61. The average molecular weight is 401 g/mol. The molecule has 0 saturated carbocycles. The third kappa shape index (κ3) is 3.49. The lowest BCUT2D eigenvalue weighted by atomic mass is 10.1. The molecule has 0 aliphatic rings. The number of hydrogen-bond acceptors (Lipinski definition) is 8. The number of benzene rings is 1. The minimum absolute atomic E-state index is 0.00532. The van der Waals surface area contributed by atoms with E-state index in [1.807, 2.05) is 6.92 Å². The van der Waals surface area contributed by atoms with Gasteiger partial charge in [-0.25, -0.2) is 14.6 Å². The average Bonchev–Trinajstić information content (AvgIpc) is 3.08. The molecule has 0 aliphatic heterocycles. The number of fused-ring (bicyclic) bond motifs is 1. The molecule has 0 saturated heterocycles. The molecule has 3 rings (SSSR count). The summed E-state index contributed by atoms with van der Waals surface area (Å²) in [5.41, 5.74) is -0.621. The van der Waals surface area contributed by atoms with Crippen molar-refractivity contribution in [1.29, 1.82) is 0 Å². The summed E-state index contributed by atoms with van der Waals surface area (Å²) in [6.07, 6.45) is 2.76. The number of rotatable bonds is 4. The molecule has 3 aromatic rings. The van der Waals surface area contributed by atoms with Crippen LogP contribution >= 0.6 is 11.3 Å². The number of anilines is 1. The van der Waals surface area contributed by atoms with Crippen molar-refractivity contribution in [3.8, 4) is 0 Å². The Hall–Kier alpha value is -3.53. The van der Waals surface area contributed by atoms with Gasteiger partial charge in [-0.3, -0.25) is 14.0 Å². The fourth-order valence-electron chi connectivity index (χ4n) is 2.52. The molecule has 144 valence electrons. The second-order valence-electron chi connectivity index (χ2n) is 5.67. The highest BCUT2D eigenvalue weighted by Gasteiger charge is 2.20. The molecule has 2 aromatic heterocycles. The number of hydrogen-bond donors (Lipinski definition) is 1. The molecule has 0 radical (unpaired) electrons. The number of esters is 2. The molecule has 9 nitrogen and oxygen atoms in total. The quantitative estimate of drug-likeness (QED) is 0.664. The molecule has 0 spiro atoms. The van der Waals surface area contributed by atoms with Crippen LogP contribution < -0.4 is 10.9 Å². The first-order chi connectivity index (χ1) is 13.3. The van der Waals surface area contributed by atoms with Gasteiger partial charge in [0.1, 0.15) is 5.56 Å². The molecule has 1 N–H and O–H groups in total. The summed E-state index contributed by atoms with van der Waals surface area (Å²) in [7, 11) is 2.39. The Bertz CT molecular complexity index is 1160. The maximum Gasteiger partial charge on any atom is 0.339 e. The smallest absolute Gasteiger partial charge is 0.339 e. The summed E-state index contributed by atoms with van der Waals surface area (Å²) in [5.74, 6) is -2.14. The van der Waals surface area contributed by atoms with Gasteiger partial charge < -0.3 is 14.8 Å². The normalized spacial score (nSPS) is 10.5. The van der Waals surface area contributed by atoms with Gasteiger partial charge in [0.2, 0.25) is 0 Å². The zero-order valence-electron chi connectivity index (χ0n) is 15.1. The number of carbonyl (C=O) groups is 3. The molecule has 2 heterocycles. The van der Waals surface area contributed by atoms with Crippen LogP contribution in [0.15, 0.2) is 35.4 Å². The van der Waals surface area contributed by atoms with Crippen LogP contribution in [0.4, 0.5) is 5.69 Å². The van der Waals surface area contributed by atoms with Crippen molar-refractivity contribution in [3.63, 3.8) is 0 Å². The van der Waals surface area contributed by atoms with Crippen LogP contribution in [0.1, 0.15) is 36.0 Å². The fourth-order valence-corrected chi connectivity index (χ4v) is 3.31. The van der Waals surface area contributed by atoms with Gasteiger partial charge in [0.15, 0.2) is 4.96 Å². The second-order valence-corrected chi connectivity index (χ2v) is 6.88. The fraction of sp³-hybridized carbons (Fsp3) is 0.167. The molecule has 0 bridgehead atoms. The lowest BCUT2D eigenvalue weighted by molar-refractivity contribution is 0.0587. The Balaban J connectivity index is 2.03. The standard InChI is InChI=1S/C18H15N3O6S/c1-9-8-21-15(23)12(7-19-18(21)28-9)14(22)20-13-6-10(16(24)26-2)4-5-11(13)17(25)27-3/h4-8H,1-3H3,(H,20,22). The zero-order valence-corrected chi connectivity index (χ0v) is 16.0. The zero-order chi connectivity index (χ0) is 20.4. The Morgan fingerprint density at radius 2 is 1.82 bits per heavy atom. The van der Waals surface area contributed by atoms with Crippen LogP contribution in [0.2, 0.25) is 0 Å². The van der Waals surface area contributed by atoms with Crippen molar-refractivity contribution in [1.82, 2.24) is 9.38 Å². The maximum atomic E-state index is 12.7. The lowest BCUT2D eigenvalue weighted by Gasteiger charge is -2.11. The van der Waals surface area contributed by atoms with Crippen molar-refractivity contribution in [3.05, 3.63) is 62.5 Å². The van der Waals surface area contributed by atoms with Crippen LogP contribution in [0.5, 0.6) is 0 Å². The number of nitrogens with zero attached hydrogens (tertiary/aromatic N) is 2. The Morgan fingerprint density at radius 3 is 2.50 bits per heavy atom. The predicted molar refractivity (Wildman–Crippen MR) is 101 cm³/mol. The third-order valence-corrected chi connectivity index (χ3v) is 4.77. The van der Waals surface area contributed by atoms with Gasteiger partial charge >= 0.3 is 11.9 Å². The maximum absolute atomic E-state index is 12.7. The van der Waals surface area contributed by atoms with Crippen molar-refractivity contribution in [2.24, 2.45) is 0 Å². The van der Waals surface area contributed by atoms with Crippen LogP contribution in [0.25, 0.3) is 4.96 Å². The van der Waals surface area contributed by atoms with E-state index in [9.17, 15) is 19.2 Å². The molecule has 10 heteroatoms. The minimum Gasteiger partial charge on any atom is -0.465 e. The highest BCUT2D eigenvalue weighted by atomic mass is 32.1. The number of carbonyl (C=O) groups excluding carboxylic acids is 3. The highest BCUT2D eigenvalue weighted by molar-refractivity contribution is 7.16. The summed E-state index contributed by atoms with van der Waals surface area (Å²) >= 11 is 1.32. The Morgan fingerprint density at radius 1 is 1.11 bits per heavy atom. The van der Waals surface area contributed by atoms with Gasteiger partial charge in [0.05, 0.1) is 31.0 Å². The Labute approximate surface area is 162 Å². The SMILES string of the molecule is COC(=O)c1ccc(C(=O)OC)c(NC(=O)c2cnc3sc(C)cn3c2=O)c1. The van der Waals surface area contributed by atoms with Crippen LogP contribution in [-0.2, 0) is 9.47 Å². The number of aryl methyl sites for hydroxylation is 1. The first-order valence-corrected chi connectivity index (χ1v) is 8.77. The number of thiazole rings is 1. The number of aromatic nitrogens is 2. The molecule has 0 aliphatic carbocycles. The van der Waals surface area contributed by atoms with Crippen molar-refractivity contribution < 1.29 is 23.9 Å². The summed E-state index contributed by atoms with van der Waals surface area (Å²) in [4.78, 5) is 54.4. The van der Waals surface area contributed by atoms with Crippen molar-refractivity contribution >= 4 is 39.8 Å². The molecule has 0 unspecified atom stereocenters. The van der Waals surface area contributed by atoms with E-state index >= 15 is 0 Å². The Kier molecular flexibility index (Phi) is 5.23. The van der Waals surface area contributed by atoms with E-state index < -0.39 is 23.4 Å². The summed E-state index contributed by atoms with van der Waals surface area (Å²) in [6.45, 7) is 1.82.